The highest BCUT2D eigenvalue weighted by Crippen LogP contribution is 2.27. The van der Waals surface area contributed by atoms with Crippen LogP contribution < -0.4 is 5.32 Å². The lowest BCUT2D eigenvalue weighted by atomic mass is 10.1. The molecule has 2 heterocycles. The zero-order valence-electron chi connectivity index (χ0n) is 10.5. The van der Waals surface area contributed by atoms with Gasteiger partial charge in [0.2, 0.25) is 0 Å². The van der Waals surface area contributed by atoms with Crippen LogP contribution in [0.3, 0.4) is 0 Å². The molecule has 1 aromatic carbocycles. The van der Waals surface area contributed by atoms with Crippen molar-refractivity contribution >= 4 is 11.0 Å². The molecule has 1 aromatic heterocycles. The second-order valence-corrected chi connectivity index (χ2v) is 5.00. The molecule has 0 aliphatic carbocycles. The molecule has 90 valence electrons. The number of nitrogens with one attached hydrogen (secondary N) is 1. The first-order chi connectivity index (χ1) is 8.25. The van der Waals surface area contributed by atoms with Crippen LogP contribution in [0, 0.1) is 13.8 Å². The maximum Gasteiger partial charge on any atom is 0.106 e. The average Bonchev–Trinajstić information content (AvgIpc) is 2.65. The Hall–Kier alpha value is -1.35. The molecule has 1 saturated heterocycles. The summed E-state index contributed by atoms with van der Waals surface area (Å²) < 4.78 is 2.43. The first-order valence-corrected chi connectivity index (χ1v) is 6.41. The van der Waals surface area contributed by atoms with Gasteiger partial charge in [-0.2, -0.15) is 0 Å². The van der Waals surface area contributed by atoms with Crippen molar-refractivity contribution in [2.24, 2.45) is 0 Å². The second-order valence-electron chi connectivity index (χ2n) is 5.00. The summed E-state index contributed by atoms with van der Waals surface area (Å²) in [5, 5.41) is 3.42. The molecule has 0 amide bonds. The Morgan fingerprint density at radius 3 is 2.76 bits per heavy atom. The Kier molecular flexibility index (Phi) is 2.63. The highest BCUT2D eigenvalue weighted by molar-refractivity contribution is 5.77. The lowest BCUT2D eigenvalue weighted by Crippen LogP contribution is -2.29. The quantitative estimate of drug-likeness (QED) is 0.814. The molecule has 0 unspecified atom stereocenters. The molecule has 0 bridgehead atoms. The van der Waals surface area contributed by atoms with Crippen molar-refractivity contribution in [2.45, 2.75) is 32.7 Å². The van der Waals surface area contributed by atoms with Crippen LogP contribution in [-0.4, -0.2) is 22.6 Å². The standard InChI is InChI=1S/C14H19N3/c1-10-3-4-13-14(9-10)17(11(2)16-13)12-5-7-15-8-6-12/h3-4,9,12,15H,5-8H2,1-2H3. The summed E-state index contributed by atoms with van der Waals surface area (Å²) in [7, 11) is 0. The van der Waals surface area contributed by atoms with Gasteiger partial charge in [-0.3, -0.25) is 0 Å². The SMILES string of the molecule is Cc1ccc2nc(C)n(C3CCNCC3)c2c1. The van der Waals surface area contributed by atoms with Gasteiger partial charge in [-0.05, 0) is 57.5 Å². The van der Waals surface area contributed by atoms with E-state index in [4.69, 9.17) is 0 Å². The molecule has 3 rings (SSSR count). The van der Waals surface area contributed by atoms with Crippen molar-refractivity contribution in [3.63, 3.8) is 0 Å². The van der Waals surface area contributed by atoms with E-state index in [0.717, 1.165) is 24.4 Å². The maximum absolute atomic E-state index is 4.67. The van der Waals surface area contributed by atoms with Crippen molar-refractivity contribution in [2.75, 3.05) is 13.1 Å². The molecule has 0 saturated carbocycles. The molecule has 2 aromatic rings. The van der Waals surface area contributed by atoms with Crippen molar-refractivity contribution in [3.05, 3.63) is 29.6 Å². The van der Waals surface area contributed by atoms with Crippen molar-refractivity contribution in [3.8, 4) is 0 Å². The van der Waals surface area contributed by atoms with E-state index in [9.17, 15) is 0 Å². The number of aromatic nitrogens is 2. The Bertz CT molecular complexity index is 536. The van der Waals surface area contributed by atoms with Crippen LogP contribution >= 0.6 is 0 Å². The van der Waals surface area contributed by atoms with E-state index in [1.54, 1.807) is 0 Å². The van der Waals surface area contributed by atoms with Gasteiger partial charge in [-0.15, -0.1) is 0 Å². The number of imidazole rings is 1. The number of hydrogen-bond donors (Lipinski definition) is 1. The smallest absolute Gasteiger partial charge is 0.106 e. The molecule has 0 atom stereocenters. The van der Waals surface area contributed by atoms with E-state index in [1.165, 1.54) is 23.9 Å². The number of piperidine rings is 1. The minimum atomic E-state index is 0.614. The summed E-state index contributed by atoms with van der Waals surface area (Å²) in [4.78, 5) is 4.67. The maximum atomic E-state index is 4.67. The second kappa shape index (κ2) is 4.15. The fraction of sp³-hybridized carbons (Fsp3) is 0.500. The van der Waals surface area contributed by atoms with Gasteiger partial charge in [0, 0.05) is 6.04 Å². The molecule has 0 radical (unpaired) electrons. The monoisotopic (exact) mass is 229 g/mol. The van der Waals surface area contributed by atoms with E-state index < -0.39 is 0 Å². The first kappa shape index (κ1) is 10.8. The van der Waals surface area contributed by atoms with Crippen molar-refractivity contribution < 1.29 is 0 Å². The van der Waals surface area contributed by atoms with Crippen LogP contribution in [0.1, 0.15) is 30.3 Å². The number of benzene rings is 1. The number of aryl methyl sites for hydroxylation is 2. The van der Waals surface area contributed by atoms with Gasteiger partial charge in [0.1, 0.15) is 5.82 Å². The molecule has 1 fully saturated rings. The van der Waals surface area contributed by atoms with Gasteiger partial charge < -0.3 is 9.88 Å². The van der Waals surface area contributed by atoms with Gasteiger partial charge in [-0.1, -0.05) is 6.07 Å². The molecular formula is C14H19N3. The van der Waals surface area contributed by atoms with E-state index >= 15 is 0 Å². The summed E-state index contributed by atoms with van der Waals surface area (Å²) in [5.41, 5.74) is 3.74. The first-order valence-electron chi connectivity index (χ1n) is 6.41. The van der Waals surface area contributed by atoms with Crippen LogP contribution in [0.15, 0.2) is 18.2 Å². The number of nitrogens with zero attached hydrogens (tertiary/aromatic N) is 2. The van der Waals surface area contributed by atoms with E-state index in [1.807, 2.05) is 0 Å². The van der Waals surface area contributed by atoms with E-state index in [0.29, 0.717) is 6.04 Å². The minimum Gasteiger partial charge on any atom is -0.325 e. The summed E-state index contributed by atoms with van der Waals surface area (Å²) in [5.74, 6) is 1.15. The Morgan fingerprint density at radius 1 is 1.24 bits per heavy atom. The molecule has 1 aliphatic heterocycles. The number of hydrogen-bond acceptors (Lipinski definition) is 2. The lowest BCUT2D eigenvalue weighted by Gasteiger charge is -2.25. The van der Waals surface area contributed by atoms with Crippen molar-refractivity contribution in [1.29, 1.82) is 0 Å². The van der Waals surface area contributed by atoms with Gasteiger partial charge >= 0.3 is 0 Å². The third-order valence-electron chi connectivity index (χ3n) is 3.70. The van der Waals surface area contributed by atoms with Gasteiger partial charge in [-0.25, -0.2) is 4.98 Å². The van der Waals surface area contributed by atoms with E-state index in [-0.39, 0.29) is 0 Å². The number of rotatable bonds is 1. The molecule has 1 N–H and O–H groups in total. The molecule has 0 spiro atoms. The third kappa shape index (κ3) is 1.84. The summed E-state index contributed by atoms with van der Waals surface area (Å²) >= 11 is 0. The molecule has 17 heavy (non-hydrogen) atoms. The fourth-order valence-electron chi connectivity index (χ4n) is 2.85. The topological polar surface area (TPSA) is 29.9 Å². The van der Waals surface area contributed by atoms with Gasteiger partial charge in [0.15, 0.2) is 0 Å². The van der Waals surface area contributed by atoms with E-state index in [2.05, 4.69) is 46.9 Å². The zero-order valence-corrected chi connectivity index (χ0v) is 10.5. The predicted octanol–water partition coefficient (Wildman–Crippen LogP) is 2.58. The fourth-order valence-corrected chi connectivity index (χ4v) is 2.85. The highest BCUT2D eigenvalue weighted by atomic mass is 15.1. The zero-order chi connectivity index (χ0) is 11.8. The van der Waals surface area contributed by atoms with Crippen molar-refractivity contribution in [1.82, 2.24) is 14.9 Å². The summed E-state index contributed by atoms with van der Waals surface area (Å²) in [6.45, 7) is 6.51. The lowest BCUT2D eigenvalue weighted by molar-refractivity contribution is 0.370. The van der Waals surface area contributed by atoms with Crippen LogP contribution in [0.4, 0.5) is 0 Å². The molecular weight excluding hydrogens is 210 g/mol. The Labute approximate surface area is 102 Å². The van der Waals surface area contributed by atoms with Gasteiger partial charge in [0.25, 0.3) is 0 Å². The van der Waals surface area contributed by atoms with Crippen LogP contribution in [0.25, 0.3) is 11.0 Å². The summed E-state index contributed by atoms with van der Waals surface area (Å²) in [6.07, 6.45) is 2.42. The third-order valence-corrected chi connectivity index (χ3v) is 3.70. The minimum absolute atomic E-state index is 0.614. The average molecular weight is 229 g/mol. The molecule has 1 aliphatic rings. The highest BCUT2D eigenvalue weighted by Gasteiger charge is 2.19. The number of fused-ring (bicyclic) bond motifs is 1. The van der Waals surface area contributed by atoms with Crippen LogP contribution in [0.2, 0.25) is 0 Å². The predicted molar refractivity (Wildman–Crippen MR) is 70.3 cm³/mol. The Balaban J connectivity index is 2.13. The van der Waals surface area contributed by atoms with Crippen LogP contribution in [-0.2, 0) is 0 Å². The molecule has 3 heteroatoms. The van der Waals surface area contributed by atoms with Gasteiger partial charge in [0.05, 0.1) is 11.0 Å². The Morgan fingerprint density at radius 2 is 2.00 bits per heavy atom. The largest absolute Gasteiger partial charge is 0.325 e. The van der Waals surface area contributed by atoms with Crippen LogP contribution in [0.5, 0.6) is 0 Å². The summed E-state index contributed by atoms with van der Waals surface area (Å²) in [6, 6.07) is 7.15. The molecule has 3 nitrogen and oxygen atoms in total. The normalized spacial score (nSPS) is 17.8.